The number of hydrogen-bond donors (Lipinski definition) is 2. The van der Waals surface area contributed by atoms with Gasteiger partial charge in [-0.3, -0.25) is 0 Å². The molecule has 2 saturated carbocycles. The van der Waals surface area contributed by atoms with E-state index >= 15 is 0 Å². The van der Waals surface area contributed by atoms with E-state index in [1.165, 1.54) is 13.0 Å². The Labute approximate surface area is 74.1 Å². The molecular weight excluding hydrogens is 148 g/mol. The summed E-state index contributed by atoms with van der Waals surface area (Å²) in [6, 6.07) is 2.28. The van der Waals surface area contributed by atoms with E-state index in [1.54, 1.807) is 0 Å². The zero-order chi connectivity index (χ0) is 8.29. The molecule has 0 radical (unpaired) electrons. The Hall–Kier alpha value is -0.0800. The van der Waals surface area contributed by atoms with Crippen molar-refractivity contribution in [3.05, 3.63) is 0 Å². The van der Waals surface area contributed by atoms with Crippen molar-refractivity contribution >= 4 is 0 Å². The fraction of sp³-hybridized carbons (Fsp3) is 1.00. The Balaban J connectivity index is 1.68. The molecule has 12 heavy (non-hydrogen) atoms. The quantitative estimate of drug-likeness (QED) is 0.627. The highest BCUT2D eigenvalue weighted by molar-refractivity contribution is 5.19. The van der Waals surface area contributed by atoms with Gasteiger partial charge in [-0.2, -0.15) is 0 Å². The van der Waals surface area contributed by atoms with Crippen LogP contribution in [0.1, 0.15) is 20.3 Å². The van der Waals surface area contributed by atoms with Crippen molar-refractivity contribution in [1.29, 1.82) is 0 Å². The van der Waals surface area contributed by atoms with Crippen LogP contribution in [0.5, 0.6) is 0 Å². The lowest BCUT2D eigenvalue weighted by atomic mass is 9.50. The first-order valence-electron chi connectivity index (χ1n) is 5.27. The smallest absolute Gasteiger partial charge is 0.0258 e. The molecule has 2 nitrogen and oxygen atoms in total. The van der Waals surface area contributed by atoms with Crippen LogP contribution < -0.4 is 10.6 Å². The summed E-state index contributed by atoms with van der Waals surface area (Å²) in [6.45, 7) is 5.79. The van der Waals surface area contributed by atoms with Gasteiger partial charge in [0.15, 0.2) is 0 Å². The number of hydrogen-bond acceptors (Lipinski definition) is 2. The van der Waals surface area contributed by atoms with Crippen molar-refractivity contribution in [2.24, 2.45) is 17.8 Å². The predicted octanol–water partition coefficient (Wildman–Crippen LogP) is 0.591. The van der Waals surface area contributed by atoms with E-state index in [0.29, 0.717) is 6.04 Å². The average molecular weight is 166 g/mol. The Morgan fingerprint density at radius 1 is 1.42 bits per heavy atom. The van der Waals surface area contributed by atoms with Crippen LogP contribution in [0.3, 0.4) is 0 Å². The first-order valence-corrected chi connectivity index (χ1v) is 5.27. The molecule has 0 spiro atoms. The summed E-state index contributed by atoms with van der Waals surface area (Å²) in [6.07, 6.45) is 1.48. The highest BCUT2D eigenvalue weighted by Crippen LogP contribution is 2.57. The highest BCUT2D eigenvalue weighted by Gasteiger charge is 2.63. The molecule has 3 rings (SSSR count). The van der Waals surface area contributed by atoms with Crippen LogP contribution in [-0.2, 0) is 0 Å². The fourth-order valence-corrected chi connectivity index (χ4v) is 3.51. The molecular formula is C10H18N2. The minimum Gasteiger partial charge on any atom is -0.312 e. The summed E-state index contributed by atoms with van der Waals surface area (Å²) in [5.41, 5.74) is 0. The van der Waals surface area contributed by atoms with Crippen molar-refractivity contribution in [2.75, 3.05) is 6.54 Å². The maximum Gasteiger partial charge on any atom is 0.0258 e. The summed E-state index contributed by atoms with van der Waals surface area (Å²) in [7, 11) is 0. The van der Waals surface area contributed by atoms with Gasteiger partial charge in [0.05, 0.1) is 0 Å². The normalized spacial score (nSPS) is 54.8. The molecule has 3 aliphatic rings. The second-order valence-corrected chi connectivity index (χ2v) is 5.02. The Morgan fingerprint density at radius 3 is 3.00 bits per heavy atom. The van der Waals surface area contributed by atoms with Crippen LogP contribution in [0.15, 0.2) is 0 Å². The zero-order valence-corrected chi connectivity index (χ0v) is 7.88. The highest BCUT2D eigenvalue weighted by atomic mass is 15.1. The first kappa shape index (κ1) is 7.34. The van der Waals surface area contributed by atoms with Gasteiger partial charge in [0, 0.05) is 18.1 Å². The molecule has 0 amide bonds. The molecule has 0 bridgehead atoms. The average Bonchev–Trinajstić information content (AvgIpc) is 2.14. The Bertz CT molecular complexity index is 202. The standard InChI is InChI=1S/C10H18N2/c1-5(2)12-9-7-3-6-4-11-10(9)8(6)7/h5-12H,3-4H2,1-2H3/t6-,7?,8+,9?,10+/m1/s1. The van der Waals surface area contributed by atoms with Gasteiger partial charge in [-0.1, -0.05) is 13.8 Å². The van der Waals surface area contributed by atoms with Crippen molar-refractivity contribution in [3.63, 3.8) is 0 Å². The van der Waals surface area contributed by atoms with Crippen LogP contribution in [0.4, 0.5) is 0 Å². The molecule has 1 aliphatic heterocycles. The van der Waals surface area contributed by atoms with Crippen molar-refractivity contribution in [2.45, 2.75) is 38.4 Å². The number of rotatable bonds is 2. The predicted molar refractivity (Wildman–Crippen MR) is 48.9 cm³/mol. The lowest BCUT2D eigenvalue weighted by molar-refractivity contribution is -0.0463. The second kappa shape index (κ2) is 2.24. The third kappa shape index (κ3) is 0.728. The van der Waals surface area contributed by atoms with Crippen molar-refractivity contribution < 1.29 is 0 Å². The Kier molecular flexibility index (Phi) is 1.37. The molecule has 1 saturated heterocycles. The number of nitrogens with one attached hydrogen (secondary N) is 2. The molecule has 0 aromatic heterocycles. The van der Waals surface area contributed by atoms with E-state index in [9.17, 15) is 0 Å². The molecule has 1 heterocycles. The minimum absolute atomic E-state index is 0.650. The van der Waals surface area contributed by atoms with Gasteiger partial charge in [0.1, 0.15) is 0 Å². The fourth-order valence-electron chi connectivity index (χ4n) is 3.51. The topological polar surface area (TPSA) is 24.1 Å². The van der Waals surface area contributed by atoms with Crippen LogP contribution in [0.2, 0.25) is 0 Å². The molecule has 0 aromatic carbocycles. The lowest BCUT2D eigenvalue weighted by Crippen LogP contribution is -2.69. The van der Waals surface area contributed by atoms with Gasteiger partial charge in [0.25, 0.3) is 0 Å². The summed E-state index contributed by atoms with van der Waals surface area (Å²) in [5.74, 6) is 3.13. The molecule has 2 heteroatoms. The van der Waals surface area contributed by atoms with Crippen LogP contribution in [-0.4, -0.2) is 24.7 Å². The molecule has 3 fully saturated rings. The molecule has 2 unspecified atom stereocenters. The summed E-state index contributed by atoms with van der Waals surface area (Å²) < 4.78 is 0. The summed E-state index contributed by atoms with van der Waals surface area (Å²) in [5, 5.41) is 7.32. The van der Waals surface area contributed by atoms with E-state index in [0.717, 1.165) is 29.8 Å². The van der Waals surface area contributed by atoms with Crippen LogP contribution in [0.25, 0.3) is 0 Å². The van der Waals surface area contributed by atoms with Gasteiger partial charge < -0.3 is 10.6 Å². The van der Waals surface area contributed by atoms with E-state index in [4.69, 9.17) is 0 Å². The van der Waals surface area contributed by atoms with E-state index in [-0.39, 0.29) is 0 Å². The van der Waals surface area contributed by atoms with Gasteiger partial charge in [-0.25, -0.2) is 0 Å². The molecule has 2 aliphatic carbocycles. The lowest BCUT2D eigenvalue weighted by Gasteiger charge is -2.59. The molecule has 68 valence electrons. The monoisotopic (exact) mass is 166 g/mol. The molecule has 2 N–H and O–H groups in total. The van der Waals surface area contributed by atoms with E-state index < -0.39 is 0 Å². The van der Waals surface area contributed by atoms with Gasteiger partial charge in [-0.05, 0) is 30.7 Å². The Morgan fingerprint density at radius 2 is 2.25 bits per heavy atom. The summed E-state index contributed by atoms with van der Waals surface area (Å²) in [4.78, 5) is 0. The largest absolute Gasteiger partial charge is 0.312 e. The molecule has 5 atom stereocenters. The van der Waals surface area contributed by atoms with Crippen LogP contribution >= 0.6 is 0 Å². The van der Waals surface area contributed by atoms with E-state index in [2.05, 4.69) is 24.5 Å². The maximum absolute atomic E-state index is 3.68. The third-order valence-corrected chi connectivity index (χ3v) is 4.02. The third-order valence-electron chi connectivity index (χ3n) is 4.02. The van der Waals surface area contributed by atoms with Crippen molar-refractivity contribution in [3.8, 4) is 0 Å². The minimum atomic E-state index is 0.650. The summed E-state index contributed by atoms with van der Waals surface area (Å²) >= 11 is 0. The first-order chi connectivity index (χ1) is 5.77. The second-order valence-electron chi connectivity index (χ2n) is 5.02. The van der Waals surface area contributed by atoms with Gasteiger partial charge in [0.2, 0.25) is 0 Å². The maximum atomic E-state index is 3.68. The van der Waals surface area contributed by atoms with E-state index in [1.807, 2.05) is 0 Å². The van der Waals surface area contributed by atoms with Crippen LogP contribution in [0, 0.1) is 17.8 Å². The zero-order valence-electron chi connectivity index (χ0n) is 7.88. The SMILES string of the molecule is CC(C)NC1C2C[C@@H]3CN[C@H]1[C@H]23. The van der Waals surface area contributed by atoms with Gasteiger partial charge in [-0.15, -0.1) is 0 Å². The van der Waals surface area contributed by atoms with Gasteiger partial charge >= 0.3 is 0 Å². The van der Waals surface area contributed by atoms with Crippen molar-refractivity contribution in [1.82, 2.24) is 10.6 Å². The molecule has 0 aromatic rings.